The lowest BCUT2D eigenvalue weighted by Crippen LogP contribution is -2.37. The van der Waals surface area contributed by atoms with Crippen molar-refractivity contribution in [2.24, 2.45) is 0 Å². The summed E-state index contributed by atoms with van der Waals surface area (Å²) in [5, 5.41) is 3.06. The van der Waals surface area contributed by atoms with E-state index in [4.69, 9.17) is 0 Å². The third-order valence-electron chi connectivity index (χ3n) is 4.98. The summed E-state index contributed by atoms with van der Waals surface area (Å²) in [6.45, 7) is 6.06. The number of hydrogen-bond donors (Lipinski definition) is 1. The minimum atomic E-state index is -0.115. The van der Waals surface area contributed by atoms with Gasteiger partial charge in [0, 0.05) is 24.2 Å². The van der Waals surface area contributed by atoms with Crippen LogP contribution in [0.4, 0.5) is 0 Å². The second-order valence-corrected chi connectivity index (χ2v) is 6.98. The average molecular weight is 337 g/mol. The monoisotopic (exact) mass is 337 g/mol. The molecule has 2 aromatic heterocycles. The van der Waals surface area contributed by atoms with Gasteiger partial charge in [-0.2, -0.15) is 9.50 Å². The minimum absolute atomic E-state index is 0.115. The molecule has 3 aromatic rings. The Bertz CT molecular complexity index is 958. The van der Waals surface area contributed by atoms with Crippen LogP contribution >= 0.6 is 0 Å². The van der Waals surface area contributed by atoms with Gasteiger partial charge in [0.05, 0.1) is 5.69 Å². The second-order valence-electron chi connectivity index (χ2n) is 6.98. The fourth-order valence-corrected chi connectivity index (χ4v) is 3.53. The molecular formula is C19H23N5O. The quantitative estimate of drug-likeness (QED) is 0.798. The van der Waals surface area contributed by atoms with E-state index < -0.39 is 0 Å². The fourth-order valence-electron chi connectivity index (χ4n) is 3.53. The van der Waals surface area contributed by atoms with Gasteiger partial charge >= 0.3 is 0 Å². The standard InChI is InChI=1S/C19H23N5O/c1-13-6-5-8-15(10-13)18-21-19-20-16(11-17(25)24(19)22-18)12-23-9-4-3-7-14(23)2/h5-6,8,10-11,14H,3-4,7,9,12H2,1-2H3,(H,20,21,22). The van der Waals surface area contributed by atoms with Gasteiger partial charge in [0.1, 0.15) is 0 Å². The first kappa shape index (κ1) is 16.0. The van der Waals surface area contributed by atoms with Crippen LogP contribution in [0.2, 0.25) is 0 Å². The van der Waals surface area contributed by atoms with Gasteiger partial charge < -0.3 is 0 Å². The highest BCUT2D eigenvalue weighted by Crippen LogP contribution is 2.19. The highest BCUT2D eigenvalue weighted by Gasteiger charge is 2.19. The smallest absolute Gasteiger partial charge is 0.274 e. The Morgan fingerprint density at radius 2 is 2.12 bits per heavy atom. The van der Waals surface area contributed by atoms with Crippen molar-refractivity contribution < 1.29 is 0 Å². The van der Waals surface area contributed by atoms with E-state index in [1.54, 1.807) is 6.07 Å². The predicted molar refractivity (Wildman–Crippen MR) is 97.5 cm³/mol. The van der Waals surface area contributed by atoms with E-state index >= 15 is 0 Å². The molecule has 6 heteroatoms. The number of fused-ring (bicyclic) bond motifs is 1. The zero-order chi connectivity index (χ0) is 17.4. The van der Waals surface area contributed by atoms with Crippen molar-refractivity contribution in [1.29, 1.82) is 0 Å². The fraction of sp³-hybridized carbons (Fsp3) is 0.421. The van der Waals surface area contributed by atoms with Gasteiger partial charge in [0.2, 0.25) is 0 Å². The first-order chi connectivity index (χ1) is 12.1. The number of piperidine rings is 1. The van der Waals surface area contributed by atoms with Gasteiger partial charge in [-0.15, -0.1) is 0 Å². The maximum atomic E-state index is 12.5. The molecule has 1 saturated heterocycles. The number of likely N-dealkylation sites (tertiary alicyclic amines) is 1. The van der Waals surface area contributed by atoms with Crippen molar-refractivity contribution in [2.75, 3.05) is 6.54 Å². The molecule has 6 nitrogen and oxygen atoms in total. The maximum Gasteiger partial charge on any atom is 0.274 e. The summed E-state index contributed by atoms with van der Waals surface area (Å²) in [4.78, 5) is 24.0. The molecule has 1 N–H and O–H groups in total. The van der Waals surface area contributed by atoms with Crippen molar-refractivity contribution >= 4 is 5.78 Å². The molecule has 4 rings (SSSR count). The van der Waals surface area contributed by atoms with Crippen LogP contribution in [-0.2, 0) is 6.54 Å². The van der Waals surface area contributed by atoms with Crippen LogP contribution in [0.1, 0.15) is 37.4 Å². The van der Waals surface area contributed by atoms with Crippen LogP contribution in [0.5, 0.6) is 0 Å². The van der Waals surface area contributed by atoms with Crippen LogP contribution in [0.25, 0.3) is 17.2 Å². The van der Waals surface area contributed by atoms with E-state index in [9.17, 15) is 4.79 Å². The molecule has 0 radical (unpaired) electrons. The summed E-state index contributed by atoms with van der Waals surface area (Å²) in [6.07, 6.45) is 3.71. The van der Waals surface area contributed by atoms with Gasteiger partial charge in [0.15, 0.2) is 5.82 Å². The Morgan fingerprint density at radius 1 is 1.24 bits per heavy atom. The second kappa shape index (κ2) is 6.44. The first-order valence-electron chi connectivity index (χ1n) is 8.90. The summed E-state index contributed by atoms with van der Waals surface area (Å²) in [5.74, 6) is 1.10. The molecule has 1 aromatic carbocycles. The van der Waals surface area contributed by atoms with Crippen molar-refractivity contribution in [1.82, 2.24) is 24.5 Å². The summed E-state index contributed by atoms with van der Waals surface area (Å²) >= 11 is 0. The molecule has 25 heavy (non-hydrogen) atoms. The van der Waals surface area contributed by atoms with Crippen LogP contribution in [-0.4, -0.2) is 37.1 Å². The number of nitrogens with zero attached hydrogens (tertiary/aromatic N) is 4. The number of hydrogen-bond acceptors (Lipinski definition) is 4. The number of aryl methyl sites for hydroxylation is 1. The van der Waals surface area contributed by atoms with Gasteiger partial charge in [-0.3, -0.25) is 14.8 Å². The number of H-pyrrole nitrogens is 1. The molecule has 1 aliphatic rings. The molecule has 3 heterocycles. The highest BCUT2D eigenvalue weighted by atomic mass is 16.1. The Morgan fingerprint density at radius 3 is 2.92 bits per heavy atom. The largest absolute Gasteiger partial charge is 0.295 e. The molecule has 1 atom stereocenters. The molecule has 0 aliphatic carbocycles. The molecule has 1 fully saturated rings. The molecule has 0 bridgehead atoms. The van der Waals surface area contributed by atoms with Crippen molar-refractivity contribution in [2.45, 2.75) is 45.7 Å². The van der Waals surface area contributed by atoms with Gasteiger partial charge in [-0.05, 0) is 39.3 Å². The molecule has 0 spiro atoms. The van der Waals surface area contributed by atoms with Crippen LogP contribution in [0.3, 0.4) is 0 Å². The maximum absolute atomic E-state index is 12.5. The van der Waals surface area contributed by atoms with E-state index in [0.717, 1.165) is 23.4 Å². The van der Waals surface area contributed by atoms with Crippen LogP contribution in [0, 0.1) is 6.92 Å². The third kappa shape index (κ3) is 3.22. The predicted octanol–water partition coefficient (Wildman–Crippen LogP) is 2.77. The number of aromatic nitrogens is 4. The molecule has 0 saturated carbocycles. The third-order valence-corrected chi connectivity index (χ3v) is 4.98. The lowest BCUT2D eigenvalue weighted by atomic mass is 10.0. The number of aromatic amines is 1. The van der Waals surface area contributed by atoms with E-state index in [-0.39, 0.29) is 5.56 Å². The summed E-state index contributed by atoms with van der Waals surface area (Å²) in [6, 6.07) is 10.2. The van der Waals surface area contributed by atoms with Crippen molar-refractivity contribution in [3.05, 3.63) is 51.9 Å². The van der Waals surface area contributed by atoms with Crippen LogP contribution < -0.4 is 5.56 Å². The van der Waals surface area contributed by atoms with E-state index in [0.29, 0.717) is 24.2 Å². The van der Waals surface area contributed by atoms with E-state index in [1.807, 2.05) is 31.2 Å². The zero-order valence-corrected chi connectivity index (χ0v) is 14.7. The lowest BCUT2D eigenvalue weighted by Gasteiger charge is -2.32. The zero-order valence-electron chi connectivity index (χ0n) is 14.7. The molecule has 1 aliphatic heterocycles. The van der Waals surface area contributed by atoms with Crippen molar-refractivity contribution in [3.8, 4) is 11.4 Å². The molecule has 0 amide bonds. The highest BCUT2D eigenvalue weighted by molar-refractivity contribution is 5.57. The van der Waals surface area contributed by atoms with Gasteiger partial charge in [-0.25, -0.2) is 4.98 Å². The number of nitrogens with one attached hydrogen (secondary N) is 1. The number of rotatable bonds is 3. The minimum Gasteiger partial charge on any atom is -0.295 e. The summed E-state index contributed by atoms with van der Waals surface area (Å²) in [5.41, 5.74) is 2.78. The Labute approximate surface area is 146 Å². The first-order valence-corrected chi connectivity index (χ1v) is 8.90. The Hall–Kier alpha value is -2.47. The SMILES string of the molecule is Cc1cccc(-c2nc3nc(CN4CCCCC4C)cc(=O)n3[nH]2)c1. The topological polar surface area (TPSA) is 66.3 Å². The van der Waals surface area contributed by atoms with Crippen molar-refractivity contribution in [3.63, 3.8) is 0 Å². The Balaban J connectivity index is 1.68. The molecular weight excluding hydrogens is 314 g/mol. The normalized spacial score (nSPS) is 18.7. The summed E-state index contributed by atoms with van der Waals surface area (Å²) < 4.78 is 1.42. The summed E-state index contributed by atoms with van der Waals surface area (Å²) in [7, 11) is 0. The van der Waals surface area contributed by atoms with E-state index in [1.165, 1.54) is 23.8 Å². The van der Waals surface area contributed by atoms with E-state index in [2.05, 4.69) is 26.9 Å². The Kier molecular flexibility index (Phi) is 4.13. The molecule has 1 unspecified atom stereocenters. The lowest BCUT2D eigenvalue weighted by molar-refractivity contribution is 0.151. The van der Waals surface area contributed by atoms with Crippen LogP contribution in [0.15, 0.2) is 35.1 Å². The van der Waals surface area contributed by atoms with Gasteiger partial charge in [-0.1, -0.05) is 30.2 Å². The van der Waals surface area contributed by atoms with Gasteiger partial charge in [0.25, 0.3) is 11.3 Å². The molecule has 130 valence electrons. The average Bonchev–Trinajstić information content (AvgIpc) is 3.02. The number of benzene rings is 1.